The number of carboxylic acid groups (broad SMARTS) is 1. The van der Waals surface area contributed by atoms with Gasteiger partial charge in [-0.3, -0.25) is 4.79 Å². The number of hydrogen-bond donors (Lipinski definition) is 3. The summed E-state index contributed by atoms with van der Waals surface area (Å²) in [5.74, 6) is -0.652. The maximum Gasteiger partial charge on any atom is 0.315 e. The fraction of sp³-hybridized carbons (Fsp3) is 0.833. The smallest absolute Gasteiger partial charge is 0.315 e. The zero-order valence-electron chi connectivity index (χ0n) is 11.4. The van der Waals surface area contributed by atoms with Crippen LogP contribution in [0, 0.1) is 5.92 Å². The fourth-order valence-electron chi connectivity index (χ4n) is 1.38. The number of methoxy groups -OCH3 is 1. The van der Waals surface area contributed by atoms with Gasteiger partial charge in [-0.1, -0.05) is 6.92 Å². The van der Waals surface area contributed by atoms with Crippen LogP contribution in [0.1, 0.15) is 33.1 Å². The van der Waals surface area contributed by atoms with Gasteiger partial charge in [0.2, 0.25) is 0 Å². The van der Waals surface area contributed by atoms with E-state index in [-0.39, 0.29) is 24.4 Å². The van der Waals surface area contributed by atoms with Crippen molar-refractivity contribution in [3.8, 4) is 0 Å². The van der Waals surface area contributed by atoms with E-state index in [1.165, 1.54) is 0 Å². The van der Waals surface area contributed by atoms with Crippen LogP contribution in [0.15, 0.2) is 0 Å². The third kappa shape index (κ3) is 9.89. The molecule has 0 saturated heterocycles. The molecule has 0 aromatic heterocycles. The monoisotopic (exact) mass is 260 g/mol. The van der Waals surface area contributed by atoms with Crippen LogP contribution < -0.4 is 10.6 Å². The summed E-state index contributed by atoms with van der Waals surface area (Å²) < 4.78 is 4.92. The van der Waals surface area contributed by atoms with Crippen molar-refractivity contribution in [2.24, 2.45) is 5.92 Å². The average molecular weight is 260 g/mol. The first-order valence-corrected chi connectivity index (χ1v) is 6.20. The van der Waals surface area contributed by atoms with Crippen LogP contribution in [0.4, 0.5) is 4.79 Å². The van der Waals surface area contributed by atoms with Crippen molar-refractivity contribution >= 4 is 12.0 Å². The highest BCUT2D eigenvalue weighted by molar-refractivity contribution is 5.74. The van der Waals surface area contributed by atoms with Crippen molar-refractivity contribution < 1.29 is 19.4 Å². The summed E-state index contributed by atoms with van der Waals surface area (Å²) in [6.07, 6.45) is 1.46. The Morgan fingerprint density at radius 2 is 1.94 bits per heavy atom. The minimum absolute atomic E-state index is 0.0549. The van der Waals surface area contributed by atoms with E-state index in [0.717, 1.165) is 6.42 Å². The van der Waals surface area contributed by atoms with E-state index in [1.807, 2.05) is 13.8 Å². The van der Waals surface area contributed by atoms with Gasteiger partial charge in [-0.15, -0.1) is 0 Å². The summed E-state index contributed by atoms with van der Waals surface area (Å²) >= 11 is 0. The SMILES string of the molecule is COCCC(C)NC(=O)NCC(C)CCC(=O)O. The number of carboxylic acids is 1. The van der Waals surface area contributed by atoms with Crippen molar-refractivity contribution in [3.63, 3.8) is 0 Å². The van der Waals surface area contributed by atoms with E-state index in [0.29, 0.717) is 19.6 Å². The molecule has 0 heterocycles. The van der Waals surface area contributed by atoms with Gasteiger partial charge in [-0.25, -0.2) is 4.79 Å². The van der Waals surface area contributed by atoms with E-state index in [4.69, 9.17) is 9.84 Å². The number of nitrogens with one attached hydrogen (secondary N) is 2. The lowest BCUT2D eigenvalue weighted by Crippen LogP contribution is -2.42. The van der Waals surface area contributed by atoms with Crippen LogP contribution in [0.25, 0.3) is 0 Å². The first kappa shape index (κ1) is 16.7. The summed E-state index contributed by atoms with van der Waals surface area (Å²) in [5, 5.41) is 14.0. The number of ether oxygens (including phenoxy) is 1. The van der Waals surface area contributed by atoms with E-state index in [2.05, 4.69) is 10.6 Å². The van der Waals surface area contributed by atoms with Gasteiger partial charge in [-0.05, 0) is 25.7 Å². The van der Waals surface area contributed by atoms with Gasteiger partial charge in [0.25, 0.3) is 0 Å². The summed E-state index contributed by atoms with van der Waals surface area (Å²) in [6, 6.07) is -0.167. The molecule has 106 valence electrons. The van der Waals surface area contributed by atoms with Gasteiger partial charge in [-0.2, -0.15) is 0 Å². The molecule has 0 bridgehead atoms. The molecule has 6 nitrogen and oxygen atoms in total. The van der Waals surface area contributed by atoms with Gasteiger partial charge in [0.05, 0.1) is 0 Å². The Bertz CT molecular complexity index is 258. The third-order valence-electron chi connectivity index (χ3n) is 2.59. The van der Waals surface area contributed by atoms with Crippen molar-refractivity contribution in [1.29, 1.82) is 0 Å². The van der Waals surface area contributed by atoms with Crippen molar-refractivity contribution in [3.05, 3.63) is 0 Å². The fourth-order valence-corrected chi connectivity index (χ4v) is 1.38. The van der Waals surface area contributed by atoms with Crippen molar-refractivity contribution in [1.82, 2.24) is 10.6 Å². The third-order valence-corrected chi connectivity index (χ3v) is 2.59. The van der Waals surface area contributed by atoms with Crippen LogP contribution >= 0.6 is 0 Å². The summed E-state index contributed by atoms with van der Waals surface area (Å²) in [7, 11) is 1.62. The van der Waals surface area contributed by atoms with E-state index >= 15 is 0 Å². The Morgan fingerprint density at radius 1 is 1.28 bits per heavy atom. The summed E-state index contributed by atoms with van der Waals surface area (Å²) in [6.45, 7) is 4.91. The zero-order chi connectivity index (χ0) is 14.0. The molecule has 0 aromatic carbocycles. The normalized spacial score (nSPS) is 13.7. The molecule has 0 aliphatic heterocycles. The molecule has 18 heavy (non-hydrogen) atoms. The lowest BCUT2D eigenvalue weighted by Gasteiger charge is -2.16. The molecule has 0 aliphatic rings. The Hall–Kier alpha value is -1.30. The lowest BCUT2D eigenvalue weighted by molar-refractivity contribution is -0.137. The highest BCUT2D eigenvalue weighted by Gasteiger charge is 2.09. The van der Waals surface area contributed by atoms with Gasteiger partial charge in [0, 0.05) is 32.7 Å². The van der Waals surface area contributed by atoms with E-state index < -0.39 is 5.97 Å². The molecule has 2 unspecified atom stereocenters. The van der Waals surface area contributed by atoms with Crippen LogP contribution in [0.5, 0.6) is 0 Å². The predicted molar refractivity (Wildman–Crippen MR) is 68.5 cm³/mol. The number of aliphatic carboxylic acids is 1. The summed E-state index contributed by atoms with van der Waals surface area (Å²) in [5.41, 5.74) is 0. The van der Waals surface area contributed by atoms with Crippen LogP contribution in [-0.2, 0) is 9.53 Å². The highest BCUT2D eigenvalue weighted by atomic mass is 16.5. The molecule has 3 N–H and O–H groups in total. The van der Waals surface area contributed by atoms with E-state index in [9.17, 15) is 9.59 Å². The molecule has 0 saturated carbocycles. The highest BCUT2D eigenvalue weighted by Crippen LogP contribution is 2.03. The summed E-state index contributed by atoms with van der Waals surface area (Å²) in [4.78, 5) is 21.9. The Balaban J connectivity index is 3.65. The standard InChI is InChI=1S/C12H24N2O4/c1-9(4-5-11(15)16)8-13-12(17)14-10(2)6-7-18-3/h9-10H,4-8H2,1-3H3,(H,15,16)(H2,13,14,17). The minimum Gasteiger partial charge on any atom is -0.481 e. The average Bonchev–Trinajstić information content (AvgIpc) is 2.31. The van der Waals surface area contributed by atoms with E-state index in [1.54, 1.807) is 7.11 Å². The Morgan fingerprint density at radius 3 is 2.50 bits per heavy atom. The molecule has 0 aliphatic carbocycles. The second-order valence-electron chi connectivity index (χ2n) is 4.57. The maximum atomic E-state index is 11.5. The first-order chi connectivity index (χ1) is 8.45. The molecule has 0 rings (SSSR count). The van der Waals surface area contributed by atoms with Crippen molar-refractivity contribution in [2.45, 2.75) is 39.2 Å². The number of amides is 2. The van der Waals surface area contributed by atoms with Crippen LogP contribution in [0.2, 0.25) is 0 Å². The van der Waals surface area contributed by atoms with Crippen LogP contribution in [-0.4, -0.2) is 43.4 Å². The zero-order valence-corrected chi connectivity index (χ0v) is 11.4. The minimum atomic E-state index is -0.806. The maximum absolute atomic E-state index is 11.5. The largest absolute Gasteiger partial charge is 0.481 e. The molecule has 2 atom stereocenters. The lowest BCUT2D eigenvalue weighted by atomic mass is 10.1. The van der Waals surface area contributed by atoms with Crippen molar-refractivity contribution in [2.75, 3.05) is 20.3 Å². The Kier molecular flexibility index (Phi) is 9.00. The van der Waals surface area contributed by atoms with Gasteiger partial charge in [0.1, 0.15) is 0 Å². The number of hydrogen-bond acceptors (Lipinski definition) is 3. The topological polar surface area (TPSA) is 87.7 Å². The van der Waals surface area contributed by atoms with Gasteiger partial charge < -0.3 is 20.5 Å². The first-order valence-electron chi connectivity index (χ1n) is 6.20. The molecule has 0 aromatic rings. The van der Waals surface area contributed by atoms with Gasteiger partial charge >= 0.3 is 12.0 Å². The van der Waals surface area contributed by atoms with Crippen LogP contribution in [0.3, 0.4) is 0 Å². The molecule has 2 amide bonds. The predicted octanol–water partition coefficient (Wildman–Crippen LogP) is 1.21. The second-order valence-corrected chi connectivity index (χ2v) is 4.57. The molecule has 6 heteroatoms. The molecule has 0 spiro atoms. The number of carbonyl (C=O) groups excluding carboxylic acids is 1. The quantitative estimate of drug-likeness (QED) is 0.581. The second kappa shape index (κ2) is 9.70. The number of rotatable bonds is 9. The molecular weight excluding hydrogens is 236 g/mol. The van der Waals surface area contributed by atoms with Gasteiger partial charge in [0.15, 0.2) is 0 Å². The molecular formula is C12H24N2O4. The molecule has 0 fully saturated rings. The number of urea groups is 1. The number of carbonyl (C=O) groups is 2. The Labute approximate surface area is 108 Å². The molecule has 0 radical (unpaired) electrons.